The van der Waals surface area contributed by atoms with E-state index in [-0.39, 0.29) is 5.91 Å². The van der Waals surface area contributed by atoms with Crippen LogP contribution in [0.15, 0.2) is 73.3 Å². The van der Waals surface area contributed by atoms with Gasteiger partial charge in [0.05, 0.1) is 17.1 Å². The number of aryl methyl sites for hydroxylation is 1. The lowest BCUT2D eigenvalue weighted by Gasteiger charge is -2.08. The first-order valence-electron chi connectivity index (χ1n) is 8.52. The Labute approximate surface area is 156 Å². The van der Waals surface area contributed by atoms with E-state index in [9.17, 15) is 4.79 Å². The maximum Gasteiger partial charge on any atom is 0.251 e. The minimum Gasteiger partial charge on any atom is -0.348 e. The Bertz CT molecular complexity index is 1050. The van der Waals surface area contributed by atoms with Gasteiger partial charge in [-0.3, -0.25) is 14.5 Å². The van der Waals surface area contributed by atoms with Crippen LogP contribution in [0.4, 0.5) is 0 Å². The summed E-state index contributed by atoms with van der Waals surface area (Å²) in [7, 11) is 1.88. The fourth-order valence-corrected chi connectivity index (χ4v) is 2.80. The van der Waals surface area contributed by atoms with E-state index in [0.29, 0.717) is 12.1 Å². The number of amides is 1. The van der Waals surface area contributed by atoms with Crippen molar-refractivity contribution in [2.75, 3.05) is 0 Å². The third-order valence-corrected chi connectivity index (χ3v) is 4.24. The second kappa shape index (κ2) is 7.25. The molecule has 4 aromatic rings. The third kappa shape index (κ3) is 3.62. The highest BCUT2D eigenvalue weighted by molar-refractivity contribution is 5.94. The first kappa shape index (κ1) is 16.7. The minimum absolute atomic E-state index is 0.139. The van der Waals surface area contributed by atoms with Gasteiger partial charge < -0.3 is 5.32 Å². The summed E-state index contributed by atoms with van der Waals surface area (Å²) in [6.45, 7) is 0.406. The molecule has 0 atom stereocenters. The molecule has 1 aromatic carbocycles. The molecular formula is C20H18N6O. The number of nitrogens with one attached hydrogen (secondary N) is 1. The van der Waals surface area contributed by atoms with Crippen LogP contribution in [-0.2, 0) is 13.6 Å². The number of hydrogen-bond donors (Lipinski definition) is 1. The topological polar surface area (TPSA) is 77.6 Å². The molecule has 0 radical (unpaired) electrons. The van der Waals surface area contributed by atoms with E-state index in [0.717, 1.165) is 22.6 Å². The minimum atomic E-state index is -0.139. The zero-order valence-corrected chi connectivity index (χ0v) is 14.8. The van der Waals surface area contributed by atoms with Crippen LogP contribution in [0.25, 0.3) is 17.1 Å². The number of benzene rings is 1. The second-order valence-corrected chi connectivity index (χ2v) is 6.08. The molecule has 0 aliphatic carbocycles. The predicted octanol–water partition coefficient (Wildman–Crippen LogP) is 2.60. The molecule has 4 rings (SSSR count). The molecule has 3 heterocycles. The molecule has 7 heteroatoms. The van der Waals surface area contributed by atoms with Crippen LogP contribution in [0.3, 0.4) is 0 Å². The van der Waals surface area contributed by atoms with Crippen LogP contribution in [0.5, 0.6) is 0 Å². The number of aromatic nitrogens is 5. The highest BCUT2D eigenvalue weighted by Gasteiger charge is 2.08. The van der Waals surface area contributed by atoms with Gasteiger partial charge in [-0.2, -0.15) is 10.2 Å². The monoisotopic (exact) mass is 358 g/mol. The summed E-state index contributed by atoms with van der Waals surface area (Å²) in [5, 5.41) is 11.3. The molecule has 3 aromatic heterocycles. The lowest BCUT2D eigenvalue weighted by molar-refractivity contribution is 0.0951. The summed E-state index contributed by atoms with van der Waals surface area (Å²) < 4.78 is 3.49. The SMILES string of the molecule is Cn1nccc1-c1ccc(CNC(=O)c2cccc(-n3cccn3)c2)cn1. The van der Waals surface area contributed by atoms with Crippen LogP contribution in [-0.4, -0.2) is 30.5 Å². The smallest absolute Gasteiger partial charge is 0.251 e. The second-order valence-electron chi connectivity index (χ2n) is 6.08. The van der Waals surface area contributed by atoms with Gasteiger partial charge in [-0.1, -0.05) is 12.1 Å². The van der Waals surface area contributed by atoms with Crippen molar-refractivity contribution in [3.8, 4) is 17.1 Å². The number of rotatable bonds is 5. The molecule has 0 aliphatic rings. The largest absolute Gasteiger partial charge is 0.348 e. The molecule has 0 bridgehead atoms. The van der Waals surface area contributed by atoms with Gasteiger partial charge in [-0.15, -0.1) is 0 Å². The quantitative estimate of drug-likeness (QED) is 0.595. The van der Waals surface area contributed by atoms with E-state index in [1.54, 1.807) is 34.0 Å². The fraction of sp³-hybridized carbons (Fsp3) is 0.100. The van der Waals surface area contributed by atoms with E-state index >= 15 is 0 Å². The van der Waals surface area contributed by atoms with Gasteiger partial charge in [0.2, 0.25) is 0 Å². The highest BCUT2D eigenvalue weighted by atomic mass is 16.1. The number of carbonyl (C=O) groups excluding carboxylic acids is 1. The van der Waals surface area contributed by atoms with Gasteiger partial charge in [0.1, 0.15) is 0 Å². The number of carbonyl (C=O) groups is 1. The van der Waals surface area contributed by atoms with Crippen LogP contribution in [0.1, 0.15) is 15.9 Å². The molecule has 7 nitrogen and oxygen atoms in total. The molecule has 0 fully saturated rings. The molecule has 1 amide bonds. The standard InChI is InChI=1S/C20H18N6O/c1-25-19(8-10-23-25)18-7-6-15(13-21-18)14-22-20(27)16-4-2-5-17(12-16)26-11-3-9-24-26/h2-13H,14H2,1H3,(H,22,27). The first-order chi connectivity index (χ1) is 13.2. The average molecular weight is 358 g/mol. The van der Waals surface area contributed by atoms with Crippen LogP contribution < -0.4 is 5.32 Å². The summed E-state index contributed by atoms with van der Waals surface area (Å²) in [6, 6.07) is 15.0. The van der Waals surface area contributed by atoms with Gasteiger partial charge in [-0.05, 0) is 42.0 Å². The molecule has 0 unspecified atom stereocenters. The maximum absolute atomic E-state index is 12.5. The summed E-state index contributed by atoms with van der Waals surface area (Å²) in [4.78, 5) is 16.9. The lowest BCUT2D eigenvalue weighted by Crippen LogP contribution is -2.23. The number of pyridine rings is 1. The summed E-state index contributed by atoms with van der Waals surface area (Å²) >= 11 is 0. The van der Waals surface area contributed by atoms with E-state index in [1.807, 2.05) is 55.7 Å². The zero-order chi connectivity index (χ0) is 18.6. The van der Waals surface area contributed by atoms with Crippen molar-refractivity contribution in [1.82, 2.24) is 29.9 Å². The Morgan fingerprint density at radius 3 is 2.70 bits per heavy atom. The summed E-state index contributed by atoms with van der Waals surface area (Å²) in [5.74, 6) is -0.139. The van der Waals surface area contributed by atoms with Crippen LogP contribution in [0, 0.1) is 0 Å². The van der Waals surface area contributed by atoms with Crippen molar-refractivity contribution in [1.29, 1.82) is 0 Å². The third-order valence-electron chi connectivity index (χ3n) is 4.24. The molecule has 27 heavy (non-hydrogen) atoms. The molecule has 0 saturated carbocycles. The molecule has 0 spiro atoms. The zero-order valence-electron chi connectivity index (χ0n) is 14.8. The Morgan fingerprint density at radius 2 is 2.00 bits per heavy atom. The number of hydrogen-bond acceptors (Lipinski definition) is 4. The number of nitrogens with zero attached hydrogens (tertiary/aromatic N) is 5. The van der Waals surface area contributed by atoms with E-state index in [4.69, 9.17) is 0 Å². The van der Waals surface area contributed by atoms with Crippen LogP contribution in [0.2, 0.25) is 0 Å². The normalized spacial score (nSPS) is 10.7. The van der Waals surface area contributed by atoms with Gasteiger partial charge in [0.25, 0.3) is 5.91 Å². The molecule has 0 aliphatic heterocycles. The predicted molar refractivity (Wildman–Crippen MR) is 101 cm³/mol. The van der Waals surface area contributed by atoms with Gasteiger partial charge in [0.15, 0.2) is 0 Å². The highest BCUT2D eigenvalue weighted by Crippen LogP contribution is 2.15. The summed E-state index contributed by atoms with van der Waals surface area (Å²) in [6.07, 6.45) is 7.05. The summed E-state index contributed by atoms with van der Waals surface area (Å²) in [5.41, 5.74) is 4.15. The molecule has 0 saturated heterocycles. The molecular weight excluding hydrogens is 340 g/mol. The van der Waals surface area contributed by atoms with Crippen molar-refractivity contribution in [3.05, 3.63) is 84.4 Å². The van der Waals surface area contributed by atoms with Gasteiger partial charge in [0, 0.05) is 43.9 Å². The molecule has 134 valence electrons. The van der Waals surface area contributed by atoms with E-state index in [1.165, 1.54) is 0 Å². The lowest BCUT2D eigenvalue weighted by atomic mass is 10.1. The molecule has 1 N–H and O–H groups in total. The maximum atomic E-state index is 12.5. The van der Waals surface area contributed by atoms with Crippen molar-refractivity contribution < 1.29 is 4.79 Å². The first-order valence-corrected chi connectivity index (χ1v) is 8.52. The van der Waals surface area contributed by atoms with E-state index < -0.39 is 0 Å². The van der Waals surface area contributed by atoms with Crippen molar-refractivity contribution in [2.45, 2.75) is 6.54 Å². The van der Waals surface area contributed by atoms with Crippen molar-refractivity contribution in [2.24, 2.45) is 7.05 Å². The Balaban J connectivity index is 1.42. The Kier molecular flexibility index (Phi) is 4.49. The Hall–Kier alpha value is -3.74. The average Bonchev–Trinajstić information content (AvgIpc) is 3.38. The van der Waals surface area contributed by atoms with Crippen molar-refractivity contribution in [3.63, 3.8) is 0 Å². The van der Waals surface area contributed by atoms with Crippen molar-refractivity contribution >= 4 is 5.91 Å². The van der Waals surface area contributed by atoms with Crippen LogP contribution >= 0.6 is 0 Å². The van der Waals surface area contributed by atoms with Gasteiger partial charge in [-0.25, -0.2) is 4.68 Å². The van der Waals surface area contributed by atoms with Gasteiger partial charge >= 0.3 is 0 Å². The Morgan fingerprint density at radius 1 is 1.07 bits per heavy atom. The fourth-order valence-electron chi connectivity index (χ4n) is 2.80. The van der Waals surface area contributed by atoms with E-state index in [2.05, 4.69) is 20.5 Å².